The van der Waals surface area contributed by atoms with E-state index in [0.29, 0.717) is 30.6 Å². The molecule has 2 aromatic carbocycles. The number of para-hydroxylation sites is 1. The molecular formula is C22H27N3O4S. The first-order valence-electron chi connectivity index (χ1n) is 9.94. The van der Waals surface area contributed by atoms with Gasteiger partial charge >= 0.3 is 11.8 Å². The first kappa shape index (κ1) is 22.0. The summed E-state index contributed by atoms with van der Waals surface area (Å²) >= 11 is 0. The summed E-state index contributed by atoms with van der Waals surface area (Å²) in [6.07, 6.45) is 1.34. The van der Waals surface area contributed by atoms with Crippen LogP contribution in [0.5, 0.6) is 0 Å². The summed E-state index contributed by atoms with van der Waals surface area (Å²) in [6.45, 7) is 5.94. The van der Waals surface area contributed by atoms with Crippen LogP contribution in [0.2, 0.25) is 0 Å². The molecular weight excluding hydrogens is 402 g/mol. The van der Waals surface area contributed by atoms with E-state index in [2.05, 4.69) is 10.6 Å². The maximum absolute atomic E-state index is 13.2. The Kier molecular flexibility index (Phi) is 6.58. The van der Waals surface area contributed by atoms with Gasteiger partial charge in [0.05, 0.1) is 4.90 Å². The van der Waals surface area contributed by atoms with Gasteiger partial charge in [0, 0.05) is 24.8 Å². The van der Waals surface area contributed by atoms with Crippen LogP contribution in [0.1, 0.15) is 29.5 Å². The average Bonchev–Trinajstić information content (AvgIpc) is 3.19. The van der Waals surface area contributed by atoms with E-state index < -0.39 is 21.8 Å². The monoisotopic (exact) mass is 429 g/mol. The Labute approximate surface area is 177 Å². The number of nitrogens with zero attached hydrogens (tertiary/aromatic N) is 1. The van der Waals surface area contributed by atoms with Crippen molar-refractivity contribution in [2.45, 2.75) is 44.6 Å². The van der Waals surface area contributed by atoms with Crippen LogP contribution in [-0.4, -0.2) is 43.7 Å². The first-order chi connectivity index (χ1) is 14.2. The van der Waals surface area contributed by atoms with Gasteiger partial charge in [0.2, 0.25) is 10.0 Å². The van der Waals surface area contributed by atoms with E-state index >= 15 is 0 Å². The Morgan fingerprint density at radius 3 is 2.50 bits per heavy atom. The lowest BCUT2D eigenvalue weighted by atomic mass is 10.2. The van der Waals surface area contributed by atoms with E-state index in [1.165, 1.54) is 4.31 Å². The van der Waals surface area contributed by atoms with E-state index in [1.54, 1.807) is 31.2 Å². The van der Waals surface area contributed by atoms with Gasteiger partial charge in [-0.2, -0.15) is 4.31 Å². The smallest absolute Gasteiger partial charge is 0.313 e. The van der Waals surface area contributed by atoms with Crippen LogP contribution in [0, 0.1) is 20.8 Å². The lowest BCUT2D eigenvalue weighted by Gasteiger charge is -2.25. The van der Waals surface area contributed by atoms with Gasteiger partial charge < -0.3 is 10.6 Å². The molecule has 0 unspecified atom stereocenters. The number of nitrogens with one attached hydrogen (secondary N) is 2. The Morgan fingerprint density at radius 2 is 1.77 bits per heavy atom. The van der Waals surface area contributed by atoms with Gasteiger partial charge in [-0.25, -0.2) is 8.42 Å². The van der Waals surface area contributed by atoms with Crippen LogP contribution in [0.15, 0.2) is 47.4 Å². The molecule has 2 amide bonds. The number of carbonyl (C=O) groups is 2. The zero-order valence-electron chi connectivity index (χ0n) is 17.4. The third kappa shape index (κ3) is 4.71. The summed E-state index contributed by atoms with van der Waals surface area (Å²) in [5.74, 6) is -1.56. The lowest BCUT2D eigenvalue weighted by molar-refractivity contribution is -0.136. The van der Waals surface area contributed by atoms with E-state index in [9.17, 15) is 18.0 Å². The molecule has 1 saturated heterocycles. The van der Waals surface area contributed by atoms with E-state index in [4.69, 9.17) is 0 Å². The number of benzene rings is 2. The molecule has 0 spiro atoms. The van der Waals surface area contributed by atoms with Crippen LogP contribution in [-0.2, 0) is 19.6 Å². The second kappa shape index (κ2) is 8.97. The largest absolute Gasteiger partial charge is 0.346 e. The highest BCUT2D eigenvalue weighted by Crippen LogP contribution is 2.28. The van der Waals surface area contributed by atoms with Crippen LogP contribution < -0.4 is 10.6 Å². The number of carbonyl (C=O) groups excluding carboxylic acids is 2. The topological polar surface area (TPSA) is 95.6 Å². The summed E-state index contributed by atoms with van der Waals surface area (Å²) < 4.78 is 27.9. The normalized spacial score (nSPS) is 17.0. The van der Waals surface area contributed by atoms with Crippen LogP contribution in [0.4, 0.5) is 5.69 Å². The molecule has 0 bridgehead atoms. The number of hydrogen-bond donors (Lipinski definition) is 2. The van der Waals surface area contributed by atoms with E-state index in [0.717, 1.165) is 11.1 Å². The molecule has 3 rings (SSSR count). The van der Waals surface area contributed by atoms with Gasteiger partial charge in [-0.3, -0.25) is 9.59 Å². The Bertz CT molecular complexity index is 1070. The van der Waals surface area contributed by atoms with Gasteiger partial charge in [0.15, 0.2) is 0 Å². The molecule has 8 heteroatoms. The SMILES string of the molecule is Cc1ccc(C)c(S(=O)(=O)N2CCC[C@@H]2CNC(=O)C(=O)Nc2ccccc2C)c1. The molecule has 1 aliphatic rings. The third-order valence-electron chi connectivity index (χ3n) is 5.35. The fraction of sp³-hybridized carbons (Fsp3) is 0.364. The van der Waals surface area contributed by atoms with Crippen molar-refractivity contribution in [1.82, 2.24) is 9.62 Å². The highest BCUT2D eigenvalue weighted by atomic mass is 32.2. The highest BCUT2D eigenvalue weighted by Gasteiger charge is 2.36. The zero-order chi connectivity index (χ0) is 21.9. The number of aryl methyl sites for hydroxylation is 3. The molecule has 1 aliphatic heterocycles. The lowest BCUT2D eigenvalue weighted by Crippen LogP contribution is -2.45. The standard InChI is InChI=1S/C22H27N3O4S/c1-15-10-11-17(3)20(13-15)30(28,29)25-12-6-8-18(25)14-23-21(26)22(27)24-19-9-5-4-7-16(19)2/h4-5,7,9-11,13,18H,6,8,12,14H2,1-3H3,(H,23,26)(H,24,27)/t18-/m1/s1. The minimum Gasteiger partial charge on any atom is -0.346 e. The van der Waals surface area contributed by atoms with Gasteiger partial charge in [-0.15, -0.1) is 0 Å². The van der Waals surface area contributed by atoms with Crippen LogP contribution in [0.25, 0.3) is 0 Å². The van der Waals surface area contributed by atoms with Crippen molar-refractivity contribution in [2.75, 3.05) is 18.4 Å². The van der Waals surface area contributed by atoms with Crippen molar-refractivity contribution in [3.8, 4) is 0 Å². The van der Waals surface area contributed by atoms with Crippen molar-refractivity contribution >= 4 is 27.5 Å². The Hall–Kier alpha value is -2.71. The number of anilines is 1. The van der Waals surface area contributed by atoms with E-state index in [-0.39, 0.29) is 17.5 Å². The minimum absolute atomic E-state index is 0.0874. The number of sulfonamides is 1. The van der Waals surface area contributed by atoms with Crippen molar-refractivity contribution in [1.29, 1.82) is 0 Å². The fourth-order valence-corrected chi connectivity index (χ4v) is 5.63. The second-order valence-corrected chi connectivity index (χ2v) is 9.52. The van der Waals surface area contributed by atoms with E-state index in [1.807, 2.05) is 32.0 Å². The number of rotatable bonds is 5. The molecule has 2 N–H and O–H groups in total. The predicted molar refractivity (Wildman–Crippen MR) is 116 cm³/mol. The molecule has 1 fully saturated rings. The second-order valence-electron chi connectivity index (χ2n) is 7.66. The van der Waals surface area contributed by atoms with Gasteiger partial charge in [0.1, 0.15) is 0 Å². The van der Waals surface area contributed by atoms with Gasteiger partial charge in [-0.1, -0.05) is 30.3 Å². The summed E-state index contributed by atoms with van der Waals surface area (Å²) in [5, 5.41) is 5.17. The highest BCUT2D eigenvalue weighted by molar-refractivity contribution is 7.89. The summed E-state index contributed by atoms with van der Waals surface area (Å²) in [6, 6.07) is 12.1. The zero-order valence-corrected chi connectivity index (χ0v) is 18.3. The summed E-state index contributed by atoms with van der Waals surface area (Å²) in [5.41, 5.74) is 2.97. The van der Waals surface area contributed by atoms with Gasteiger partial charge in [0.25, 0.3) is 0 Å². The van der Waals surface area contributed by atoms with Crippen molar-refractivity contribution in [3.05, 3.63) is 59.2 Å². The number of amides is 2. The van der Waals surface area contributed by atoms with Crippen molar-refractivity contribution in [3.63, 3.8) is 0 Å². The molecule has 1 heterocycles. The molecule has 1 atom stereocenters. The molecule has 160 valence electrons. The average molecular weight is 430 g/mol. The maximum atomic E-state index is 13.2. The fourth-order valence-electron chi connectivity index (χ4n) is 3.62. The quantitative estimate of drug-likeness (QED) is 0.714. The van der Waals surface area contributed by atoms with Crippen LogP contribution in [0.3, 0.4) is 0 Å². The van der Waals surface area contributed by atoms with Gasteiger partial charge in [-0.05, 0) is 62.4 Å². The first-order valence-corrected chi connectivity index (χ1v) is 11.4. The third-order valence-corrected chi connectivity index (χ3v) is 7.44. The maximum Gasteiger partial charge on any atom is 0.313 e. The van der Waals surface area contributed by atoms with Crippen molar-refractivity contribution < 1.29 is 18.0 Å². The predicted octanol–water partition coefficient (Wildman–Crippen LogP) is 2.52. The summed E-state index contributed by atoms with van der Waals surface area (Å²) in [4.78, 5) is 24.7. The molecule has 7 nitrogen and oxygen atoms in total. The molecule has 0 aromatic heterocycles. The molecule has 30 heavy (non-hydrogen) atoms. The Balaban J connectivity index is 1.66. The number of hydrogen-bond acceptors (Lipinski definition) is 4. The van der Waals surface area contributed by atoms with Crippen LogP contribution >= 0.6 is 0 Å². The Morgan fingerprint density at radius 1 is 1.03 bits per heavy atom. The summed E-state index contributed by atoms with van der Waals surface area (Å²) in [7, 11) is -3.68. The minimum atomic E-state index is -3.68. The molecule has 0 radical (unpaired) electrons. The molecule has 0 aliphatic carbocycles. The van der Waals surface area contributed by atoms with Crippen molar-refractivity contribution in [2.24, 2.45) is 0 Å². The molecule has 2 aromatic rings. The molecule has 0 saturated carbocycles.